The molecule has 0 aromatic heterocycles. The van der Waals surface area contributed by atoms with Gasteiger partial charge < -0.3 is 10.2 Å². The molecule has 3 rings (SSSR count). The van der Waals surface area contributed by atoms with Crippen LogP contribution < -0.4 is 10.2 Å². The molecule has 0 radical (unpaired) electrons. The van der Waals surface area contributed by atoms with Crippen molar-refractivity contribution in [3.63, 3.8) is 0 Å². The predicted molar refractivity (Wildman–Crippen MR) is 101 cm³/mol. The Morgan fingerprint density at radius 1 is 1.20 bits per heavy atom. The third kappa shape index (κ3) is 3.88. The topological polar surface area (TPSA) is 49.4 Å². The molecular weight excluding hydrogens is 312 g/mol. The lowest BCUT2D eigenvalue weighted by molar-refractivity contribution is -0.127. The molecule has 2 aliphatic rings. The Bertz CT molecular complexity index is 647. The van der Waals surface area contributed by atoms with Crippen LogP contribution in [0, 0.1) is 25.7 Å². The molecule has 1 aromatic rings. The molecule has 0 bridgehead atoms. The molecule has 1 aliphatic carbocycles. The van der Waals surface area contributed by atoms with Gasteiger partial charge in [0.25, 0.3) is 0 Å². The van der Waals surface area contributed by atoms with Gasteiger partial charge in [-0.15, -0.1) is 0 Å². The van der Waals surface area contributed by atoms with Crippen molar-refractivity contribution >= 4 is 17.5 Å². The number of aryl methyl sites for hydroxylation is 1. The van der Waals surface area contributed by atoms with Crippen molar-refractivity contribution in [1.29, 1.82) is 0 Å². The Morgan fingerprint density at radius 2 is 1.92 bits per heavy atom. The van der Waals surface area contributed by atoms with Gasteiger partial charge >= 0.3 is 0 Å². The first-order chi connectivity index (χ1) is 12.0. The van der Waals surface area contributed by atoms with Gasteiger partial charge in [-0.05, 0) is 62.6 Å². The number of carbonyl (C=O) groups excluding carboxylic acids is 2. The zero-order chi connectivity index (χ0) is 18.0. The summed E-state index contributed by atoms with van der Waals surface area (Å²) in [6.07, 6.45) is 6.13. The minimum Gasteiger partial charge on any atom is -0.353 e. The van der Waals surface area contributed by atoms with Crippen LogP contribution in [0.4, 0.5) is 5.69 Å². The van der Waals surface area contributed by atoms with Gasteiger partial charge in [-0.1, -0.05) is 25.5 Å². The number of hydrogen-bond acceptors (Lipinski definition) is 2. The van der Waals surface area contributed by atoms with Crippen LogP contribution in [0.25, 0.3) is 0 Å². The van der Waals surface area contributed by atoms with Gasteiger partial charge in [0.15, 0.2) is 0 Å². The second-order valence-corrected chi connectivity index (χ2v) is 7.76. The number of carbonyl (C=O) groups is 2. The van der Waals surface area contributed by atoms with E-state index in [9.17, 15) is 9.59 Å². The van der Waals surface area contributed by atoms with E-state index in [0.717, 1.165) is 30.0 Å². The molecule has 2 fully saturated rings. The van der Waals surface area contributed by atoms with E-state index in [1.54, 1.807) is 4.90 Å². The quantitative estimate of drug-likeness (QED) is 0.906. The van der Waals surface area contributed by atoms with Crippen molar-refractivity contribution in [3.8, 4) is 0 Å². The summed E-state index contributed by atoms with van der Waals surface area (Å²) in [4.78, 5) is 26.9. The molecule has 0 spiro atoms. The number of anilines is 1. The smallest absolute Gasteiger partial charge is 0.227 e. The molecule has 1 saturated carbocycles. The lowest BCUT2D eigenvalue weighted by Crippen LogP contribution is -2.41. The minimum absolute atomic E-state index is 0.0566. The van der Waals surface area contributed by atoms with Crippen molar-refractivity contribution < 1.29 is 9.59 Å². The maximum absolute atomic E-state index is 12.6. The lowest BCUT2D eigenvalue weighted by Gasteiger charge is -2.29. The predicted octanol–water partition coefficient (Wildman–Crippen LogP) is 3.74. The summed E-state index contributed by atoms with van der Waals surface area (Å²) in [7, 11) is 0. The van der Waals surface area contributed by atoms with Crippen molar-refractivity contribution in [2.75, 3.05) is 11.4 Å². The number of nitrogens with one attached hydrogen (secondary N) is 1. The fraction of sp³-hybridized carbons (Fsp3) is 0.619. The van der Waals surface area contributed by atoms with Gasteiger partial charge in [-0.3, -0.25) is 9.59 Å². The highest BCUT2D eigenvalue weighted by atomic mass is 16.2. The van der Waals surface area contributed by atoms with E-state index in [-0.39, 0.29) is 17.7 Å². The Kier molecular flexibility index (Phi) is 5.45. The molecule has 1 heterocycles. The highest BCUT2D eigenvalue weighted by Crippen LogP contribution is 2.30. The Hall–Kier alpha value is -1.84. The average Bonchev–Trinajstić information content (AvgIpc) is 3.00. The van der Waals surface area contributed by atoms with Gasteiger partial charge in [0.05, 0.1) is 5.92 Å². The molecule has 2 amide bonds. The van der Waals surface area contributed by atoms with Crippen LogP contribution in [0.5, 0.6) is 0 Å². The summed E-state index contributed by atoms with van der Waals surface area (Å²) in [5.74, 6) is 0.710. The molecule has 136 valence electrons. The third-order valence-corrected chi connectivity index (χ3v) is 6.13. The number of hydrogen-bond donors (Lipinski definition) is 1. The molecule has 1 N–H and O–H groups in total. The summed E-state index contributed by atoms with van der Waals surface area (Å²) in [5.41, 5.74) is 3.24. The van der Waals surface area contributed by atoms with Crippen LogP contribution >= 0.6 is 0 Å². The third-order valence-electron chi connectivity index (χ3n) is 6.13. The molecule has 1 aliphatic heterocycles. The summed E-state index contributed by atoms with van der Waals surface area (Å²) in [6, 6.07) is 6.30. The maximum Gasteiger partial charge on any atom is 0.227 e. The zero-order valence-electron chi connectivity index (χ0n) is 15.7. The molecule has 25 heavy (non-hydrogen) atoms. The van der Waals surface area contributed by atoms with Crippen LogP contribution in [0.15, 0.2) is 18.2 Å². The van der Waals surface area contributed by atoms with Crippen LogP contribution in [0.3, 0.4) is 0 Å². The first kappa shape index (κ1) is 18.0. The molecule has 4 nitrogen and oxygen atoms in total. The standard InChI is InChI=1S/C21H30N2O2/c1-4-16-8-10-18(11-9-16)22-21(25)17-12-20(24)23(13-17)19-7-5-6-14(2)15(19)3/h5-7,16-18H,4,8-13H2,1-3H3,(H,22,25)/t16?,17-,18?/m1/s1. The fourth-order valence-corrected chi connectivity index (χ4v) is 4.18. The molecular formula is C21H30N2O2. The van der Waals surface area contributed by atoms with Crippen LogP contribution in [0.1, 0.15) is 56.6 Å². The van der Waals surface area contributed by atoms with Gasteiger partial charge in [0.1, 0.15) is 0 Å². The molecule has 1 aromatic carbocycles. The summed E-state index contributed by atoms with van der Waals surface area (Å²) in [5, 5.41) is 3.21. The lowest BCUT2D eigenvalue weighted by atomic mass is 9.84. The van der Waals surface area contributed by atoms with E-state index in [4.69, 9.17) is 0 Å². The minimum atomic E-state index is -0.226. The average molecular weight is 342 g/mol. The zero-order valence-corrected chi connectivity index (χ0v) is 15.7. The monoisotopic (exact) mass is 342 g/mol. The van der Waals surface area contributed by atoms with Crippen molar-refractivity contribution in [2.45, 2.75) is 65.3 Å². The Balaban J connectivity index is 1.60. The van der Waals surface area contributed by atoms with E-state index in [0.29, 0.717) is 19.0 Å². The summed E-state index contributed by atoms with van der Waals surface area (Å²) in [6.45, 7) is 6.84. The summed E-state index contributed by atoms with van der Waals surface area (Å²) < 4.78 is 0. The van der Waals surface area contributed by atoms with Crippen molar-refractivity contribution in [1.82, 2.24) is 5.32 Å². The Morgan fingerprint density at radius 3 is 2.60 bits per heavy atom. The number of rotatable bonds is 4. The van der Waals surface area contributed by atoms with E-state index < -0.39 is 0 Å². The molecule has 1 atom stereocenters. The van der Waals surface area contributed by atoms with E-state index in [2.05, 4.69) is 25.2 Å². The number of amides is 2. The van der Waals surface area contributed by atoms with Crippen molar-refractivity contribution in [2.24, 2.45) is 11.8 Å². The first-order valence-corrected chi connectivity index (χ1v) is 9.66. The van der Waals surface area contributed by atoms with E-state index in [1.165, 1.54) is 24.8 Å². The van der Waals surface area contributed by atoms with Gasteiger partial charge in [0, 0.05) is 24.7 Å². The molecule has 1 saturated heterocycles. The normalized spacial score (nSPS) is 26.8. The molecule has 4 heteroatoms. The van der Waals surface area contributed by atoms with E-state index in [1.807, 2.05) is 19.1 Å². The maximum atomic E-state index is 12.6. The molecule has 0 unspecified atom stereocenters. The highest BCUT2D eigenvalue weighted by molar-refractivity contribution is 6.01. The van der Waals surface area contributed by atoms with Crippen LogP contribution in [0.2, 0.25) is 0 Å². The van der Waals surface area contributed by atoms with Crippen molar-refractivity contribution in [3.05, 3.63) is 29.3 Å². The second-order valence-electron chi connectivity index (χ2n) is 7.76. The second kappa shape index (κ2) is 7.59. The van der Waals surface area contributed by atoms with Crippen LogP contribution in [-0.4, -0.2) is 24.4 Å². The SMILES string of the molecule is CCC1CCC(NC(=O)[C@@H]2CC(=O)N(c3cccc(C)c3C)C2)CC1. The largest absolute Gasteiger partial charge is 0.353 e. The fourth-order valence-electron chi connectivity index (χ4n) is 4.18. The Labute approximate surface area is 151 Å². The highest BCUT2D eigenvalue weighted by Gasteiger charge is 2.36. The first-order valence-electron chi connectivity index (χ1n) is 9.66. The number of nitrogens with zero attached hydrogens (tertiary/aromatic N) is 1. The van der Waals surface area contributed by atoms with Crippen LogP contribution in [-0.2, 0) is 9.59 Å². The van der Waals surface area contributed by atoms with Gasteiger partial charge in [0.2, 0.25) is 11.8 Å². The summed E-state index contributed by atoms with van der Waals surface area (Å²) >= 11 is 0. The van der Waals surface area contributed by atoms with E-state index >= 15 is 0 Å². The van der Waals surface area contributed by atoms with Gasteiger partial charge in [-0.2, -0.15) is 0 Å². The van der Waals surface area contributed by atoms with Gasteiger partial charge in [-0.25, -0.2) is 0 Å². The number of benzene rings is 1.